The summed E-state index contributed by atoms with van der Waals surface area (Å²) in [6.45, 7) is 5.67. The van der Waals surface area contributed by atoms with Gasteiger partial charge in [-0.15, -0.1) is 0 Å². The van der Waals surface area contributed by atoms with Gasteiger partial charge in [0.15, 0.2) is 5.89 Å². The third kappa shape index (κ3) is 2.55. The van der Waals surface area contributed by atoms with E-state index in [4.69, 9.17) is 9.15 Å². The first-order valence-corrected chi connectivity index (χ1v) is 6.98. The highest BCUT2D eigenvalue weighted by Gasteiger charge is 2.47. The molecule has 0 saturated heterocycles. The lowest BCUT2D eigenvalue weighted by Crippen LogP contribution is -2.59. The molecule has 0 spiro atoms. The molecule has 1 aliphatic carbocycles. The maximum absolute atomic E-state index is 12.3. The summed E-state index contributed by atoms with van der Waals surface area (Å²) in [5, 5.41) is 2.76. The van der Waals surface area contributed by atoms with Crippen LogP contribution in [-0.4, -0.2) is 29.0 Å². The third-order valence-electron chi connectivity index (χ3n) is 3.58. The number of aromatic nitrogens is 1. The van der Waals surface area contributed by atoms with Crippen LogP contribution in [0, 0.1) is 6.92 Å². The Bertz CT molecular complexity index is 517. The zero-order chi connectivity index (χ0) is 14.8. The first-order chi connectivity index (χ1) is 9.52. The summed E-state index contributed by atoms with van der Waals surface area (Å²) in [5.41, 5.74) is -0.351. The van der Waals surface area contributed by atoms with Gasteiger partial charge in [0.05, 0.1) is 12.3 Å². The quantitative estimate of drug-likeness (QED) is 0.831. The van der Waals surface area contributed by atoms with E-state index in [0.717, 1.165) is 6.42 Å². The van der Waals surface area contributed by atoms with E-state index in [1.54, 1.807) is 13.8 Å². The summed E-state index contributed by atoms with van der Waals surface area (Å²) in [7, 11) is 0. The Morgan fingerprint density at radius 3 is 2.55 bits per heavy atom. The Hall–Kier alpha value is -1.85. The summed E-state index contributed by atoms with van der Waals surface area (Å²) >= 11 is 0. The number of carbonyl (C=O) groups is 2. The highest BCUT2D eigenvalue weighted by Crippen LogP contribution is 2.33. The number of ether oxygens (including phenoxy) is 1. The van der Waals surface area contributed by atoms with Gasteiger partial charge in [-0.1, -0.05) is 6.92 Å². The minimum Gasteiger partial charge on any atom is -0.464 e. The molecule has 1 aromatic rings. The Balaban J connectivity index is 2.13. The van der Waals surface area contributed by atoms with Gasteiger partial charge in [-0.25, -0.2) is 9.78 Å². The molecule has 0 bridgehead atoms. The molecular weight excluding hydrogens is 260 g/mol. The molecule has 0 atom stereocenters. The molecule has 1 saturated carbocycles. The molecule has 1 aliphatic rings. The van der Waals surface area contributed by atoms with Crippen LogP contribution in [0.4, 0.5) is 0 Å². The molecule has 0 radical (unpaired) electrons. The van der Waals surface area contributed by atoms with Crippen LogP contribution in [0.25, 0.3) is 0 Å². The molecule has 1 N–H and O–H groups in total. The minimum atomic E-state index is -0.890. The molecule has 110 valence electrons. The molecular formula is C14H20N2O4. The number of nitrogens with zero attached hydrogens (tertiary/aromatic N) is 1. The number of amides is 1. The van der Waals surface area contributed by atoms with Crippen molar-refractivity contribution < 1.29 is 18.7 Å². The third-order valence-corrected chi connectivity index (χ3v) is 3.58. The van der Waals surface area contributed by atoms with E-state index in [2.05, 4.69) is 10.3 Å². The zero-order valence-corrected chi connectivity index (χ0v) is 12.1. The highest BCUT2D eigenvalue weighted by molar-refractivity contribution is 5.97. The Morgan fingerprint density at radius 2 is 2.10 bits per heavy atom. The van der Waals surface area contributed by atoms with E-state index >= 15 is 0 Å². The molecule has 6 nitrogen and oxygen atoms in total. The predicted molar refractivity (Wildman–Crippen MR) is 71.3 cm³/mol. The van der Waals surface area contributed by atoms with Gasteiger partial charge >= 0.3 is 5.97 Å². The van der Waals surface area contributed by atoms with E-state index in [1.807, 2.05) is 6.92 Å². The van der Waals surface area contributed by atoms with Gasteiger partial charge < -0.3 is 14.5 Å². The van der Waals surface area contributed by atoms with E-state index in [-0.39, 0.29) is 11.7 Å². The van der Waals surface area contributed by atoms with Crippen molar-refractivity contribution in [3.8, 4) is 0 Å². The van der Waals surface area contributed by atoms with Gasteiger partial charge in [0.2, 0.25) is 5.76 Å². The molecule has 20 heavy (non-hydrogen) atoms. The smallest absolute Gasteiger partial charge is 0.331 e. The van der Waals surface area contributed by atoms with Crippen LogP contribution < -0.4 is 5.32 Å². The number of hydrogen-bond donors (Lipinski definition) is 1. The van der Waals surface area contributed by atoms with Crippen LogP contribution in [0.15, 0.2) is 4.42 Å². The van der Waals surface area contributed by atoms with Gasteiger partial charge in [0.25, 0.3) is 5.91 Å². The average Bonchev–Trinajstić information content (AvgIpc) is 2.75. The zero-order valence-electron chi connectivity index (χ0n) is 12.1. The fourth-order valence-corrected chi connectivity index (χ4v) is 2.27. The molecule has 1 amide bonds. The first-order valence-electron chi connectivity index (χ1n) is 6.98. The van der Waals surface area contributed by atoms with Crippen molar-refractivity contribution in [1.82, 2.24) is 10.3 Å². The van der Waals surface area contributed by atoms with Crippen LogP contribution in [0.5, 0.6) is 0 Å². The largest absolute Gasteiger partial charge is 0.464 e. The average molecular weight is 280 g/mol. The molecule has 1 heterocycles. The lowest BCUT2D eigenvalue weighted by atomic mass is 9.76. The monoisotopic (exact) mass is 280 g/mol. The number of nitrogens with one attached hydrogen (secondary N) is 1. The van der Waals surface area contributed by atoms with Gasteiger partial charge in [-0.05, 0) is 33.1 Å². The van der Waals surface area contributed by atoms with Crippen LogP contribution in [-0.2, 0) is 16.0 Å². The number of oxazole rings is 1. The highest BCUT2D eigenvalue weighted by atomic mass is 16.5. The Labute approximate surface area is 117 Å². The standard InChI is InChI=1S/C14H20N2O4/c1-4-10-15-9(3)11(20-10)12(17)16-14(7-6-8-14)13(18)19-5-2/h4-8H2,1-3H3,(H,16,17). The summed E-state index contributed by atoms with van der Waals surface area (Å²) in [5.74, 6) is -0.0706. The number of rotatable bonds is 5. The fraction of sp³-hybridized carbons (Fsp3) is 0.643. The molecule has 6 heteroatoms. The van der Waals surface area contributed by atoms with E-state index in [0.29, 0.717) is 37.5 Å². The van der Waals surface area contributed by atoms with E-state index < -0.39 is 11.4 Å². The second kappa shape index (κ2) is 5.64. The van der Waals surface area contributed by atoms with Crippen LogP contribution in [0.2, 0.25) is 0 Å². The normalized spacial score (nSPS) is 16.4. The topological polar surface area (TPSA) is 81.4 Å². The number of aryl methyl sites for hydroxylation is 2. The Kier molecular flexibility index (Phi) is 4.11. The van der Waals surface area contributed by atoms with Gasteiger partial charge in [-0.3, -0.25) is 4.79 Å². The molecule has 1 aromatic heterocycles. The molecule has 0 aromatic carbocycles. The summed E-state index contributed by atoms with van der Waals surface area (Å²) < 4.78 is 10.4. The number of hydrogen-bond acceptors (Lipinski definition) is 5. The second-order valence-electron chi connectivity index (χ2n) is 4.99. The van der Waals surface area contributed by atoms with Crippen LogP contribution in [0.3, 0.4) is 0 Å². The Morgan fingerprint density at radius 1 is 1.40 bits per heavy atom. The lowest BCUT2D eigenvalue weighted by Gasteiger charge is -2.39. The molecule has 1 fully saturated rings. The second-order valence-corrected chi connectivity index (χ2v) is 4.99. The summed E-state index contributed by atoms with van der Waals surface area (Å²) in [6, 6.07) is 0. The summed E-state index contributed by atoms with van der Waals surface area (Å²) in [4.78, 5) is 28.4. The van der Waals surface area contributed by atoms with Gasteiger partial charge in [0.1, 0.15) is 5.54 Å². The van der Waals surface area contributed by atoms with E-state index in [9.17, 15) is 9.59 Å². The SMILES string of the molecule is CCOC(=O)C1(NC(=O)c2oc(CC)nc2C)CCC1. The molecule has 0 aliphatic heterocycles. The molecule has 0 unspecified atom stereocenters. The van der Waals surface area contributed by atoms with Crippen molar-refractivity contribution in [2.45, 2.75) is 52.0 Å². The van der Waals surface area contributed by atoms with E-state index in [1.165, 1.54) is 0 Å². The van der Waals surface area contributed by atoms with Crippen molar-refractivity contribution >= 4 is 11.9 Å². The van der Waals surface area contributed by atoms with Crippen molar-refractivity contribution in [1.29, 1.82) is 0 Å². The van der Waals surface area contributed by atoms with Crippen molar-refractivity contribution in [3.63, 3.8) is 0 Å². The van der Waals surface area contributed by atoms with Gasteiger partial charge in [-0.2, -0.15) is 0 Å². The minimum absolute atomic E-state index is 0.178. The predicted octanol–water partition coefficient (Wildman–Crippen LogP) is 1.76. The van der Waals surface area contributed by atoms with Crippen molar-refractivity contribution in [2.24, 2.45) is 0 Å². The number of esters is 1. The fourth-order valence-electron chi connectivity index (χ4n) is 2.27. The maximum Gasteiger partial charge on any atom is 0.331 e. The maximum atomic E-state index is 12.3. The van der Waals surface area contributed by atoms with Gasteiger partial charge in [0, 0.05) is 6.42 Å². The summed E-state index contributed by atoms with van der Waals surface area (Å²) in [6.07, 6.45) is 2.72. The number of carbonyl (C=O) groups excluding carboxylic acids is 2. The first kappa shape index (κ1) is 14.6. The van der Waals surface area contributed by atoms with Crippen molar-refractivity contribution in [3.05, 3.63) is 17.3 Å². The van der Waals surface area contributed by atoms with Crippen LogP contribution >= 0.6 is 0 Å². The molecule has 2 rings (SSSR count). The lowest BCUT2D eigenvalue weighted by molar-refractivity contribution is -0.154. The van der Waals surface area contributed by atoms with Crippen LogP contribution in [0.1, 0.15) is 55.2 Å². The van der Waals surface area contributed by atoms with Crippen molar-refractivity contribution in [2.75, 3.05) is 6.61 Å².